The highest BCUT2D eigenvalue weighted by molar-refractivity contribution is 14.1. The Labute approximate surface area is 193 Å². The highest BCUT2D eigenvalue weighted by atomic mass is 127. The third-order valence-corrected chi connectivity index (χ3v) is 6.06. The Bertz CT molecular complexity index is 1030. The van der Waals surface area contributed by atoms with E-state index in [-0.39, 0.29) is 11.3 Å². The quantitative estimate of drug-likeness (QED) is 0.310. The van der Waals surface area contributed by atoms with Crippen LogP contribution in [0, 0.1) is 14.1 Å². The summed E-state index contributed by atoms with van der Waals surface area (Å²) < 4.78 is 6.99. The van der Waals surface area contributed by atoms with E-state index in [9.17, 15) is 14.4 Å². The van der Waals surface area contributed by atoms with E-state index in [1.54, 1.807) is 31.4 Å². The van der Waals surface area contributed by atoms with E-state index in [2.05, 4.69) is 50.5 Å². The van der Waals surface area contributed by atoms with Gasteiger partial charge in [-0.3, -0.25) is 14.9 Å². The standard InChI is InChI=1S/C19H13ClI2N2O4/c1-9-3-4-11(8-13(9)20)24-18(26)12(17(25)23-19(24)27)5-10-6-14(21)16(28-2)15(22)7-10/h3-8H,1-2H3,(H,23,25,27)/b12-5-. The van der Waals surface area contributed by atoms with Crippen molar-refractivity contribution in [3.05, 3.63) is 59.2 Å². The molecule has 28 heavy (non-hydrogen) atoms. The highest BCUT2D eigenvalue weighted by Gasteiger charge is 2.37. The number of barbiturate groups is 1. The van der Waals surface area contributed by atoms with Gasteiger partial charge in [0.05, 0.1) is 19.9 Å². The van der Waals surface area contributed by atoms with Crippen molar-refractivity contribution in [2.75, 3.05) is 12.0 Å². The molecule has 0 unspecified atom stereocenters. The number of carbonyl (C=O) groups is 3. The van der Waals surface area contributed by atoms with Crippen LogP contribution in [-0.2, 0) is 9.59 Å². The molecule has 1 N–H and O–H groups in total. The average molecular weight is 623 g/mol. The van der Waals surface area contributed by atoms with Crippen LogP contribution in [0.1, 0.15) is 11.1 Å². The minimum Gasteiger partial charge on any atom is -0.495 e. The Hall–Kier alpha value is -1.66. The Morgan fingerprint density at radius 2 is 1.75 bits per heavy atom. The van der Waals surface area contributed by atoms with Gasteiger partial charge in [-0.25, -0.2) is 9.69 Å². The van der Waals surface area contributed by atoms with E-state index in [0.29, 0.717) is 16.3 Å². The normalized spacial score (nSPS) is 15.8. The van der Waals surface area contributed by atoms with Gasteiger partial charge in [-0.1, -0.05) is 17.7 Å². The zero-order valence-corrected chi connectivity index (χ0v) is 19.7. The van der Waals surface area contributed by atoms with Crippen LogP contribution in [0.2, 0.25) is 5.02 Å². The zero-order chi connectivity index (χ0) is 20.6. The molecule has 1 saturated heterocycles. The number of halogens is 3. The maximum Gasteiger partial charge on any atom is 0.335 e. The van der Waals surface area contributed by atoms with Gasteiger partial charge in [0.15, 0.2) is 0 Å². The zero-order valence-electron chi connectivity index (χ0n) is 14.7. The first-order valence-electron chi connectivity index (χ1n) is 7.93. The number of anilines is 1. The van der Waals surface area contributed by atoms with Gasteiger partial charge in [-0.05, 0) is 93.6 Å². The lowest BCUT2D eigenvalue weighted by molar-refractivity contribution is -0.122. The first-order chi connectivity index (χ1) is 13.2. The summed E-state index contributed by atoms with van der Waals surface area (Å²) in [5, 5.41) is 2.62. The Morgan fingerprint density at radius 3 is 2.32 bits per heavy atom. The first-order valence-corrected chi connectivity index (χ1v) is 10.5. The smallest absolute Gasteiger partial charge is 0.335 e. The van der Waals surface area contributed by atoms with Crippen molar-refractivity contribution in [2.45, 2.75) is 6.92 Å². The number of carbonyl (C=O) groups excluding carboxylic acids is 3. The third-order valence-electron chi connectivity index (χ3n) is 4.05. The Balaban J connectivity index is 2.05. The minimum absolute atomic E-state index is 0.145. The summed E-state index contributed by atoms with van der Waals surface area (Å²) in [5.74, 6) is -0.742. The average Bonchev–Trinajstić information content (AvgIpc) is 2.61. The van der Waals surface area contributed by atoms with Gasteiger partial charge in [0.25, 0.3) is 11.8 Å². The molecule has 4 amide bonds. The predicted octanol–water partition coefficient (Wildman–Crippen LogP) is 4.53. The van der Waals surface area contributed by atoms with E-state index in [1.165, 1.54) is 12.1 Å². The van der Waals surface area contributed by atoms with Crippen molar-refractivity contribution in [3.8, 4) is 5.75 Å². The number of benzene rings is 2. The molecular formula is C19H13ClI2N2O4. The number of aryl methyl sites for hydroxylation is 1. The molecule has 0 saturated carbocycles. The maximum atomic E-state index is 12.9. The fourth-order valence-corrected chi connectivity index (χ4v) is 5.07. The Morgan fingerprint density at radius 1 is 1.11 bits per heavy atom. The minimum atomic E-state index is -0.814. The second-order valence-electron chi connectivity index (χ2n) is 5.91. The summed E-state index contributed by atoms with van der Waals surface area (Å²) in [7, 11) is 1.58. The van der Waals surface area contributed by atoms with Crippen molar-refractivity contribution in [1.82, 2.24) is 5.32 Å². The number of amides is 4. The monoisotopic (exact) mass is 622 g/mol. The second-order valence-corrected chi connectivity index (χ2v) is 8.64. The molecular weight excluding hydrogens is 609 g/mol. The largest absolute Gasteiger partial charge is 0.495 e. The van der Waals surface area contributed by atoms with Crippen LogP contribution in [0.4, 0.5) is 10.5 Å². The molecule has 6 nitrogen and oxygen atoms in total. The molecule has 0 bridgehead atoms. The van der Waals surface area contributed by atoms with Gasteiger partial charge in [-0.15, -0.1) is 0 Å². The first kappa shape index (κ1) is 21.1. The number of hydrogen-bond donors (Lipinski definition) is 1. The number of methoxy groups -OCH3 is 1. The third kappa shape index (κ3) is 4.03. The van der Waals surface area contributed by atoms with Gasteiger partial charge in [-0.2, -0.15) is 0 Å². The van der Waals surface area contributed by atoms with E-state index in [0.717, 1.165) is 17.6 Å². The number of urea groups is 1. The van der Waals surface area contributed by atoms with Gasteiger partial charge in [0.2, 0.25) is 0 Å². The van der Waals surface area contributed by atoms with Crippen LogP contribution in [0.25, 0.3) is 6.08 Å². The number of rotatable bonds is 3. The summed E-state index contributed by atoms with van der Waals surface area (Å²) in [6.07, 6.45) is 1.46. The van der Waals surface area contributed by atoms with Crippen molar-refractivity contribution in [1.29, 1.82) is 0 Å². The molecule has 1 aliphatic heterocycles. The van der Waals surface area contributed by atoms with Gasteiger partial charge in [0, 0.05) is 5.02 Å². The molecule has 0 radical (unpaired) electrons. The summed E-state index contributed by atoms with van der Waals surface area (Å²) >= 11 is 10.4. The summed E-state index contributed by atoms with van der Waals surface area (Å²) in [6.45, 7) is 1.81. The molecule has 2 aromatic carbocycles. The van der Waals surface area contributed by atoms with E-state index in [1.807, 2.05) is 6.92 Å². The van der Waals surface area contributed by atoms with Gasteiger partial charge < -0.3 is 4.74 Å². The molecule has 9 heteroatoms. The topological polar surface area (TPSA) is 75.7 Å². The van der Waals surface area contributed by atoms with Crippen molar-refractivity contribution < 1.29 is 19.1 Å². The van der Waals surface area contributed by atoms with E-state index in [4.69, 9.17) is 16.3 Å². The van der Waals surface area contributed by atoms with Crippen LogP contribution in [0.15, 0.2) is 35.9 Å². The molecule has 1 fully saturated rings. The molecule has 0 aromatic heterocycles. The van der Waals surface area contributed by atoms with E-state index < -0.39 is 17.8 Å². The fraction of sp³-hybridized carbons (Fsp3) is 0.105. The van der Waals surface area contributed by atoms with Crippen molar-refractivity contribution >= 4 is 86.4 Å². The molecule has 3 rings (SSSR count). The number of nitrogens with zero attached hydrogens (tertiary/aromatic N) is 1. The maximum absolute atomic E-state index is 12.9. The van der Waals surface area contributed by atoms with Crippen LogP contribution in [0.3, 0.4) is 0 Å². The van der Waals surface area contributed by atoms with Crippen molar-refractivity contribution in [3.63, 3.8) is 0 Å². The lowest BCUT2D eigenvalue weighted by Crippen LogP contribution is -2.54. The molecule has 0 aliphatic carbocycles. The lowest BCUT2D eigenvalue weighted by Gasteiger charge is -2.26. The van der Waals surface area contributed by atoms with Crippen LogP contribution >= 0.6 is 56.8 Å². The molecule has 144 valence electrons. The fourth-order valence-electron chi connectivity index (χ4n) is 2.64. The molecule has 2 aromatic rings. The summed E-state index contributed by atoms with van der Waals surface area (Å²) in [4.78, 5) is 38.4. The summed E-state index contributed by atoms with van der Waals surface area (Å²) in [5.41, 5.74) is 1.59. The van der Waals surface area contributed by atoms with Crippen LogP contribution in [0.5, 0.6) is 5.75 Å². The SMILES string of the molecule is COc1c(I)cc(/C=C2/C(=O)NC(=O)N(c3ccc(C)c(Cl)c3)C2=O)cc1I. The number of hydrogen-bond acceptors (Lipinski definition) is 4. The number of nitrogens with one attached hydrogen (secondary N) is 1. The van der Waals surface area contributed by atoms with Crippen LogP contribution in [-0.4, -0.2) is 25.0 Å². The molecule has 1 heterocycles. The van der Waals surface area contributed by atoms with Gasteiger partial charge >= 0.3 is 6.03 Å². The molecule has 1 aliphatic rings. The number of ether oxygens (including phenoxy) is 1. The predicted molar refractivity (Wildman–Crippen MR) is 124 cm³/mol. The van der Waals surface area contributed by atoms with Gasteiger partial charge in [0.1, 0.15) is 11.3 Å². The molecule has 0 atom stereocenters. The second kappa shape index (κ2) is 8.37. The van der Waals surface area contributed by atoms with Crippen molar-refractivity contribution in [2.24, 2.45) is 0 Å². The van der Waals surface area contributed by atoms with Crippen LogP contribution < -0.4 is 15.0 Å². The number of imide groups is 2. The molecule has 0 spiro atoms. The summed E-state index contributed by atoms with van der Waals surface area (Å²) in [6, 6.07) is 7.58. The highest BCUT2D eigenvalue weighted by Crippen LogP contribution is 2.30. The lowest BCUT2D eigenvalue weighted by atomic mass is 10.1. The Kier molecular flexibility index (Phi) is 6.30. The van der Waals surface area contributed by atoms with E-state index >= 15 is 0 Å².